The molecule has 0 aromatic rings. The van der Waals surface area contributed by atoms with Gasteiger partial charge in [0.15, 0.2) is 0 Å². The molecule has 4 nitrogen and oxygen atoms in total. The molecule has 2 aliphatic rings. The molecule has 1 aliphatic heterocycles. The summed E-state index contributed by atoms with van der Waals surface area (Å²) in [4.78, 5) is 14.8. The molecule has 0 aromatic heterocycles. The van der Waals surface area contributed by atoms with Gasteiger partial charge >= 0.3 is 0 Å². The molecule has 122 valence electrons. The number of rotatable bonds is 5. The van der Waals surface area contributed by atoms with Gasteiger partial charge in [-0.25, -0.2) is 0 Å². The lowest BCUT2D eigenvalue weighted by molar-refractivity contribution is -0.127. The molecule has 1 amide bonds. The molecule has 3 N–H and O–H groups in total. The summed E-state index contributed by atoms with van der Waals surface area (Å²) in [7, 11) is 0. The van der Waals surface area contributed by atoms with Crippen molar-refractivity contribution in [2.24, 2.45) is 17.6 Å². The first kappa shape index (κ1) is 16.8. The topological polar surface area (TPSA) is 58.4 Å². The van der Waals surface area contributed by atoms with Gasteiger partial charge in [-0.1, -0.05) is 13.3 Å². The minimum atomic E-state index is 0.179. The number of hydrogen-bond donors (Lipinski definition) is 2. The average molecular weight is 295 g/mol. The van der Waals surface area contributed by atoms with E-state index < -0.39 is 0 Å². The molecule has 2 rings (SSSR count). The molecule has 4 atom stereocenters. The van der Waals surface area contributed by atoms with E-state index in [9.17, 15) is 4.79 Å². The first-order valence-corrected chi connectivity index (χ1v) is 8.85. The van der Waals surface area contributed by atoms with Crippen LogP contribution in [0.3, 0.4) is 0 Å². The minimum Gasteiger partial charge on any atom is -0.356 e. The van der Waals surface area contributed by atoms with Crippen LogP contribution >= 0.6 is 0 Å². The summed E-state index contributed by atoms with van der Waals surface area (Å²) in [6.07, 6.45) is 8.03. The second-order valence-corrected chi connectivity index (χ2v) is 7.18. The minimum absolute atomic E-state index is 0.179. The number of carbonyl (C=O) groups is 1. The number of amides is 1. The van der Waals surface area contributed by atoms with Crippen molar-refractivity contribution in [1.82, 2.24) is 10.2 Å². The van der Waals surface area contributed by atoms with Gasteiger partial charge in [-0.2, -0.15) is 0 Å². The fraction of sp³-hybridized carbons (Fsp3) is 0.941. The van der Waals surface area contributed by atoms with Crippen LogP contribution in [0.5, 0.6) is 0 Å². The van der Waals surface area contributed by atoms with E-state index >= 15 is 0 Å². The third-order valence-electron chi connectivity index (χ3n) is 5.41. The quantitative estimate of drug-likeness (QED) is 0.764. The van der Waals surface area contributed by atoms with Crippen molar-refractivity contribution in [3.8, 4) is 0 Å². The monoisotopic (exact) mass is 295 g/mol. The first-order chi connectivity index (χ1) is 10.1. The lowest BCUT2D eigenvalue weighted by atomic mass is 9.78. The van der Waals surface area contributed by atoms with Gasteiger partial charge in [-0.05, 0) is 57.9 Å². The highest BCUT2D eigenvalue weighted by molar-refractivity contribution is 5.79. The number of hydrogen-bond acceptors (Lipinski definition) is 3. The predicted molar refractivity (Wildman–Crippen MR) is 87.0 cm³/mol. The maximum atomic E-state index is 12.3. The second kappa shape index (κ2) is 8.14. The Morgan fingerprint density at radius 3 is 2.76 bits per heavy atom. The fourth-order valence-corrected chi connectivity index (χ4v) is 3.94. The van der Waals surface area contributed by atoms with E-state index in [1.165, 1.54) is 25.8 Å². The van der Waals surface area contributed by atoms with Crippen LogP contribution in [0.4, 0.5) is 0 Å². The number of nitrogens with zero attached hydrogens (tertiary/aromatic N) is 1. The van der Waals surface area contributed by atoms with Crippen molar-refractivity contribution in [2.45, 2.75) is 70.9 Å². The van der Waals surface area contributed by atoms with Gasteiger partial charge in [0.25, 0.3) is 0 Å². The average Bonchev–Trinajstić information content (AvgIpc) is 2.45. The summed E-state index contributed by atoms with van der Waals surface area (Å²) in [6.45, 7) is 7.65. The van der Waals surface area contributed by atoms with Crippen LogP contribution in [-0.4, -0.2) is 42.5 Å². The number of nitrogens with one attached hydrogen (secondary N) is 1. The van der Waals surface area contributed by atoms with Crippen molar-refractivity contribution >= 4 is 5.91 Å². The Kier molecular flexibility index (Phi) is 6.49. The predicted octanol–water partition coefficient (Wildman–Crippen LogP) is 2.13. The molecule has 1 aliphatic carbocycles. The Balaban J connectivity index is 1.63. The summed E-state index contributed by atoms with van der Waals surface area (Å²) in [6, 6.07) is 1.01. The third-order valence-corrected chi connectivity index (χ3v) is 5.41. The summed E-state index contributed by atoms with van der Waals surface area (Å²) in [5.74, 6) is 0.857. The van der Waals surface area contributed by atoms with Crippen LogP contribution in [0.1, 0.15) is 58.8 Å². The highest BCUT2D eigenvalue weighted by Gasteiger charge is 2.30. The third kappa shape index (κ3) is 4.96. The zero-order valence-corrected chi connectivity index (χ0v) is 13.8. The molecular weight excluding hydrogens is 262 g/mol. The Labute approximate surface area is 129 Å². The zero-order valence-electron chi connectivity index (χ0n) is 13.8. The molecular formula is C17H33N3O. The van der Waals surface area contributed by atoms with Gasteiger partial charge < -0.3 is 16.0 Å². The number of carbonyl (C=O) groups excluding carboxylic acids is 1. The smallest absolute Gasteiger partial charge is 0.223 e. The molecule has 1 heterocycles. The van der Waals surface area contributed by atoms with Gasteiger partial charge in [0.05, 0.1) is 0 Å². The van der Waals surface area contributed by atoms with Gasteiger partial charge in [0, 0.05) is 31.1 Å². The molecule has 21 heavy (non-hydrogen) atoms. The normalized spacial score (nSPS) is 34.6. The standard InChI is InChI=1S/C17H33N3O/c1-13-12-15(18)7-8-16(13)17(21)19-9-5-11-20-10-4-3-6-14(20)2/h13-16H,3-12,18H2,1-2H3,(H,19,21). The summed E-state index contributed by atoms with van der Waals surface area (Å²) >= 11 is 0. The lowest BCUT2D eigenvalue weighted by Crippen LogP contribution is -2.42. The van der Waals surface area contributed by atoms with E-state index in [0.717, 1.165) is 38.8 Å². The summed E-state index contributed by atoms with van der Waals surface area (Å²) in [5, 5.41) is 3.15. The molecule has 1 saturated carbocycles. The highest BCUT2D eigenvalue weighted by atomic mass is 16.1. The van der Waals surface area contributed by atoms with Crippen LogP contribution < -0.4 is 11.1 Å². The highest BCUT2D eigenvalue weighted by Crippen LogP contribution is 2.29. The molecule has 1 saturated heterocycles. The lowest BCUT2D eigenvalue weighted by Gasteiger charge is -2.33. The maximum Gasteiger partial charge on any atom is 0.223 e. The molecule has 0 bridgehead atoms. The van der Waals surface area contributed by atoms with Crippen LogP contribution in [0.2, 0.25) is 0 Å². The van der Waals surface area contributed by atoms with Gasteiger partial charge in [-0.3, -0.25) is 4.79 Å². The van der Waals surface area contributed by atoms with Crippen molar-refractivity contribution in [1.29, 1.82) is 0 Å². The van der Waals surface area contributed by atoms with Gasteiger partial charge in [-0.15, -0.1) is 0 Å². The molecule has 4 heteroatoms. The van der Waals surface area contributed by atoms with E-state index in [4.69, 9.17) is 5.73 Å². The fourth-order valence-electron chi connectivity index (χ4n) is 3.94. The van der Waals surface area contributed by atoms with E-state index in [1.807, 2.05) is 0 Å². The summed E-state index contributed by atoms with van der Waals surface area (Å²) < 4.78 is 0. The SMILES string of the molecule is CC1CC(N)CCC1C(=O)NCCCN1CCCCC1C. The van der Waals surface area contributed by atoms with Crippen molar-refractivity contribution in [3.05, 3.63) is 0 Å². The van der Waals surface area contributed by atoms with Crippen LogP contribution in [0, 0.1) is 11.8 Å². The molecule has 0 spiro atoms. The summed E-state index contributed by atoms with van der Waals surface area (Å²) in [5.41, 5.74) is 5.97. The number of likely N-dealkylation sites (tertiary alicyclic amines) is 1. The Morgan fingerprint density at radius 2 is 2.05 bits per heavy atom. The number of nitrogens with two attached hydrogens (primary N) is 1. The molecule has 0 radical (unpaired) electrons. The van der Waals surface area contributed by atoms with E-state index in [1.54, 1.807) is 0 Å². The van der Waals surface area contributed by atoms with Gasteiger partial charge in [0.1, 0.15) is 0 Å². The van der Waals surface area contributed by atoms with E-state index in [2.05, 4.69) is 24.1 Å². The largest absolute Gasteiger partial charge is 0.356 e. The van der Waals surface area contributed by atoms with Crippen LogP contribution in [0.25, 0.3) is 0 Å². The van der Waals surface area contributed by atoms with Crippen molar-refractivity contribution in [2.75, 3.05) is 19.6 Å². The Hall–Kier alpha value is -0.610. The van der Waals surface area contributed by atoms with E-state index in [0.29, 0.717) is 18.0 Å². The maximum absolute atomic E-state index is 12.3. The Morgan fingerprint density at radius 1 is 1.24 bits per heavy atom. The van der Waals surface area contributed by atoms with Gasteiger partial charge in [0.2, 0.25) is 5.91 Å². The molecule has 2 fully saturated rings. The first-order valence-electron chi connectivity index (χ1n) is 8.85. The molecule has 0 aromatic carbocycles. The van der Waals surface area contributed by atoms with Crippen molar-refractivity contribution in [3.63, 3.8) is 0 Å². The molecule has 4 unspecified atom stereocenters. The zero-order chi connectivity index (χ0) is 15.2. The van der Waals surface area contributed by atoms with E-state index in [-0.39, 0.29) is 11.8 Å². The van der Waals surface area contributed by atoms with Crippen LogP contribution in [0.15, 0.2) is 0 Å². The second-order valence-electron chi connectivity index (χ2n) is 7.18. The van der Waals surface area contributed by atoms with Crippen LogP contribution in [-0.2, 0) is 4.79 Å². The Bertz CT molecular complexity index is 334. The van der Waals surface area contributed by atoms with Crippen molar-refractivity contribution < 1.29 is 4.79 Å². The number of piperidine rings is 1.